The van der Waals surface area contributed by atoms with Gasteiger partial charge in [0.25, 0.3) is 5.56 Å². The highest BCUT2D eigenvalue weighted by Gasteiger charge is 2.17. The van der Waals surface area contributed by atoms with Gasteiger partial charge >= 0.3 is 0 Å². The molecule has 31 heavy (non-hydrogen) atoms. The summed E-state index contributed by atoms with van der Waals surface area (Å²) in [4.78, 5) is 30.3. The quantitative estimate of drug-likeness (QED) is 0.301. The molecular weight excluding hydrogens is 426 g/mol. The third-order valence-electron chi connectivity index (χ3n) is 5.02. The fourth-order valence-electron chi connectivity index (χ4n) is 3.34. The molecule has 0 aliphatic heterocycles. The molecule has 0 fully saturated rings. The number of aryl methyl sites for hydroxylation is 1. The number of aromatic nitrogens is 2. The van der Waals surface area contributed by atoms with Crippen LogP contribution in [0.15, 0.2) is 69.9 Å². The van der Waals surface area contributed by atoms with Gasteiger partial charge in [-0.05, 0) is 36.6 Å². The number of rotatable bonds is 7. The fraction of sp³-hybridized carbons (Fsp3) is 0.208. The van der Waals surface area contributed by atoms with E-state index in [0.717, 1.165) is 23.2 Å². The average Bonchev–Trinajstić information content (AvgIpc) is 3.23. The predicted molar refractivity (Wildman–Crippen MR) is 130 cm³/mol. The lowest BCUT2D eigenvalue weighted by Crippen LogP contribution is -2.22. The Labute approximate surface area is 189 Å². The van der Waals surface area contributed by atoms with Crippen LogP contribution in [0.4, 0.5) is 5.69 Å². The molecule has 2 aromatic heterocycles. The van der Waals surface area contributed by atoms with Crippen molar-refractivity contribution >= 4 is 44.9 Å². The summed E-state index contributed by atoms with van der Waals surface area (Å²) in [5.74, 6) is 0.0537. The van der Waals surface area contributed by atoms with E-state index in [1.807, 2.05) is 66.9 Å². The molecule has 158 valence electrons. The number of nitrogens with zero attached hydrogens (tertiary/aromatic N) is 2. The summed E-state index contributed by atoms with van der Waals surface area (Å²) >= 11 is 2.71. The molecule has 0 atom stereocenters. The number of carbonyl (C=O) groups excluding carboxylic acids is 1. The first-order valence-electron chi connectivity index (χ1n) is 10.2. The molecule has 1 N–H and O–H groups in total. The highest BCUT2D eigenvalue weighted by atomic mass is 32.2. The molecular formula is C24H23N3O2S2. The van der Waals surface area contributed by atoms with Crippen LogP contribution in [-0.2, 0) is 17.8 Å². The van der Waals surface area contributed by atoms with Crippen LogP contribution in [0.5, 0.6) is 0 Å². The van der Waals surface area contributed by atoms with E-state index in [0.29, 0.717) is 21.9 Å². The first-order chi connectivity index (χ1) is 15.1. The lowest BCUT2D eigenvalue weighted by molar-refractivity contribution is -0.113. The Kier molecular flexibility index (Phi) is 6.53. The molecule has 7 heteroatoms. The lowest BCUT2D eigenvalue weighted by atomic mass is 10.1. The number of thiophene rings is 1. The van der Waals surface area contributed by atoms with Gasteiger partial charge in [-0.15, -0.1) is 11.3 Å². The summed E-state index contributed by atoms with van der Waals surface area (Å²) in [6.45, 7) is 4.51. The normalized spacial score (nSPS) is 11.0. The van der Waals surface area contributed by atoms with Crippen molar-refractivity contribution in [1.29, 1.82) is 0 Å². The monoisotopic (exact) mass is 449 g/mol. The van der Waals surface area contributed by atoms with Gasteiger partial charge in [0.1, 0.15) is 4.70 Å². The van der Waals surface area contributed by atoms with Gasteiger partial charge in [-0.25, -0.2) is 4.98 Å². The SMILES string of the molecule is CCc1ccc(NC(=O)CSc2nc3c(-c4ccccc4)csc3c(=O)n2CC)cc1. The molecule has 0 saturated carbocycles. The summed E-state index contributed by atoms with van der Waals surface area (Å²) < 4.78 is 2.28. The Bertz CT molecular complexity index is 1260. The van der Waals surface area contributed by atoms with Crippen molar-refractivity contribution in [2.75, 3.05) is 11.1 Å². The van der Waals surface area contributed by atoms with Crippen molar-refractivity contribution in [3.05, 3.63) is 75.9 Å². The Hall–Kier alpha value is -2.90. The Morgan fingerprint density at radius 1 is 1.10 bits per heavy atom. The van der Waals surface area contributed by atoms with Crippen LogP contribution < -0.4 is 10.9 Å². The van der Waals surface area contributed by atoms with Gasteiger partial charge in [0.15, 0.2) is 5.16 Å². The van der Waals surface area contributed by atoms with Gasteiger partial charge in [0.05, 0.1) is 11.3 Å². The molecule has 0 spiro atoms. The number of benzene rings is 2. The third kappa shape index (κ3) is 4.57. The largest absolute Gasteiger partial charge is 0.325 e. The second kappa shape index (κ2) is 9.49. The molecule has 0 radical (unpaired) electrons. The number of fused-ring (bicyclic) bond motifs is 1. The van der Waals surface area contributed by atoms with Crippen molar-refractivity contribution in [3.8, 4) is 11.1 Å². The van der Waals surface area contributed by atoms with Crippen LogP contribution in [0.3, 0.4) is 0 Å². The molecule has 0 aliphatic rings. The molecule has 1 amide bonds. The van der Waals surface area contributed by atoms with E-state index in [1.165, 1.54) is 28.7 Å². The number of nitrogens with one attached hydrogen (secondary N) is 1. The van der Waals surface area contributed by atoms with Gasteiger partial charge in [-0.2, -0.15) is 0 Å². The van der Waals surface area contributed by atoms with Gasteiger partial charge in [-0.1, -0.05) is 61.2 Å². The molecule has 4 aromatic rings. The number of anilines is 1. The van der Waals surface area contributed by atoms with E-state index in [4.69, 9.17) is 4.98 Å². The number of amides is 1. The lowest BCUT2D eigenvalue weighted by Gasteiger charge is -2.11. The highest BCUT2D eigenvalue weighted by Crippen LogP contribution is 2.32. The molecule has 0 bridgehead atoms. The smallest absolute Gasteiger partial charge is 0.272 e. The number of hydrogen-bond donors (Lipinski definition) is 1. The molecule has 2 aromatic carbocycles. The van der Waals surface area contributed by atoms with Crippen molar-refractivity contribution in [1.82, 2.24) is 9.55 Å². The second-order valence-corrected chi connectivity index (χ2v) is 8.85. The zero-order valence-electron chi connectivity index (χ0n) is 17.4. The Morgan fingerprint density at radius 3 is 2.52 bits per heavy atom. The van der Waals surface area contributed by atoms with Gasteiger partial charge in [-0.3, -0.25) is 14.2 Å². The molecule has 0 saturated heterocycles. The molecule has 5 nitrogen and oxygen atoms in total. The van der Waals surface area contributed by atoms with Crippen molar-refractivity contribution in [3.63, 3.8) is 0 Å². The maximum atomic E-state index is 13.0. The van der Waals surface area contributed by atoms with Gasteiger partial charge in [0, 0.05) is 23.2 Å². The number of thioether (sulfide) groups is 1. The van der Waals surface area contributed by atoms with Crippen LogP contribution in [-0.4, -0.2) is 21.2 Å². The third-order valence-corrected chi connectivity index (χ3v) is 6.96. The molecule has 2 heterocycles. The van der Waals surface area contributed by atoms with E-state index >= 15 is 0 Å². The molecule has 0 aliphatic carbocycles. The average molecular weight is 450 g/mol. The minimum absolute atomic E-state index is 0.0576. The first-order valence-corrected chi connectivity index (χ1v) is 12.1. The summed E-state index contributed by atoms with van der Waals surface area (Å²) in [5.41, 5.74) is 4.61. The van der Waals surface area contributed by atoms with Crippen molar-refractivity contribution in [2.45, 2.75) is 32.0 Å². The first kappa shape index (κ1) is 21.3. The Morgan fingerprint density at radius 2 is 1.84 bits per heavy atom. The fourth-order valence-corrected chi connectivity index (χ4v) is 5.16. The number of carbonyl (C=O) groups is 1. The zero-order chi connectivity index (χ0) is 21.8. The second-order valence-electron chi connectivity index (χ2n) is 7.02. The summed E-state index contributed by atoms with van der Waals surface area (Å²) in [5, 5.41) is 5.46. The van der Waals surface area contributed by atoms with Crippen LogP contribution in [0.1, 0.15) is 19.4 Å². The molecule has 0 unspecified atom stereocenters. The van der Waals surface area contributed by atoms with E-state index in [9.17, 15) is 9.59 Å². The van der Waals surface area contributed by atoms with Crippen molar-refractivity contribution in [2.24, 2.45) is 0 Å². The summed E-state index contributed by atoms with van der Waals surface area (Å²) in [7, 11) is 0. The van der Waals surface area contributed by atoms with Crippen LogP contribution >= 0.6 is 23.1 Å². The van der Waals surface area contributed by atoms with Gasteiger partial charge in [0.2, 0.25) is 5.91 Å². The van der Waals surface area contributed by atoms with E-state index < -0.39 is 0 Å². The number of hydrogen-bond acceptors (Lipinski definition) is 5. The van der Waals surface area contributed by atoms with Crippen LogP contribution in [0.25, 0.3) is 21.3 Å². The maximum absolute atomic E-state index is 13.0. The minimum atomic E-state index is -0.125. The van der Waals surface area contributed by atoms with Gasteiger partial charge < -0.3 is 5.32 Å². The zero-order valence-corrected chi connectivity index (χ0v) is 19.1. The van der Waals surface area contributed by atoms with E-state index in [1.54, 1.807) is 4.57 Å². The summed E-state index contributed by atoms with van der Waals surface area (Å²) in [6.07, 6.45) is 0.959. The maximum Gasteiger partial charge on any atom is 0.272 e. The van der Waals surface area contributed by atoms with Crippen LogP contribution in [0, 0.1) is 0 Å². The standard InChI is InChI=1S/C24H23N3O2S2/c1-3-16-10-12-18(13-11-16)25-20(28)15-31-24-26-21-19(17-8-6-5-7-9-17)14-30-22(21)23(29)27(24)4-2/h5-14H,3-4,15H2,1-2H3,(H,25,28). The topological polar surface area (TPSA) is 64.0 Å². The van der Waals surface area contributed by atoms with E-state index in [-0.39, 0.29) is 17.2 Å². The van der Waals surface area contributed by atoms with Crippen molar-refractivity contribution < 1.29 is 4.79 Å². The minimum Gasteiger partial charge on any atom is -0.325 e. The predicted octanol–water partition coefficient (Wildman–Crippen LogP) is 5.44. The van der Waals surface area contributed by atoms with E-state index in [2.05, 4.69) is 12.2 Å². The molecule has 4 rings (SSSR count). The van der Waals surface area contributed by atoms with Crippen LogP contribution in [0.2, 0.25) is 0 Å². The summed E-state index contributed by atoms with van der Waals surface area (Å²) in [6, 6.07) is 17.8. The Balaban J connectivity index is 1.58. The highest BCUT2D eigenvalue weighted by molar-refractivity contribution is 7.99.